The second kappa shape index (κ2) is 7.78. The van der Waals surface area contributed by atoms with Crippen LogP contribution in [0.2, 0.25) is 0 Å². The number of aryl methyl sites for hydroxylation is 1. The summed E-state index contributed by atoms with van der Waals surface area (Å²) in [7, 11) is -2.47. The number of aliphatic hydroxyl groups is 1. The minimum absolute atomic E-state index is 0.0894. The molecule has 0 spiro atoms. The predicted octanol–water partition coefficient (Wildman–Crippen LogP) is 1.44. The van der Waals surface area contributed by atoms with Crippen molar-refractivity contribution in [3.8, 4) is 0 Å². The van der Waals surface area contributed by atoms with Gasteiger partial charge in [-0.25, -0.2) is 0 Å². The van der Waals surface area contributed by atoms with E-state index in [2.05, 4.69) is 12.1 Å². The van der Waals surface area contributed by atoms with Crippen LogP contribution in [0.1, 0.15) is 18.4 Å². The lowest BCUT2D eigenvalue weighted by Crippen LogP contribution is -2.24. The zero-order chi connectivity index (χ0) is 14.3. The number of hydrogen-bond acceptors (Lipinski definition) is 3. The molecule has 0 aliphatic rings. The van der Waals surface area contributed by atoms with Crippen molar-refractivity contribution in [3.63, 3.8) is 0 Å². The number of nitrogens with zero attached hydrogens (tertiary/aromatic N) is 1. The van der Waals surface area contributed by atoms with Crippen molar-refractivity contribution in [2.45, 2.75) is 25.1 Å². The SMILES string of the molecule is CN(CCCc1ccccc1)CCC(O)P(=O)(O)O. The zero-order valence-electron chi connectivity index (χ0n) is 11.1. The monoisotopic (exact) mass is 287 g/mol. The minimum Gasteiger partial charge on any atom is -0.380 e. The van der Waals surface area contributed by atoms with Crippen LogP contribution >= 0.6 is 7.60 Å². The Hall–Kier alpha value is -0.710. The quantitative estimate of drug-likeness (QED) is 0.630. The van der Waals surface area contributed by atoms with E-state index in [0.717, 1.165) is 19.4 Å². The summed E-state index contributed by atoms with van der Waals surface area (Å²) >= 11 is 0. The van der Waals surface area contributed by atoms with E-state index in [0.29, 0.717) is 6.54 Å². The summed E-state index contributed by atoms with van der Waals surface area (Å²) in [5, 5.41) is 9.25. The lowest BCUT2D eigenvalue weighted by molar-refractivity contribution is 0.176. The molecule has 0 fully saturated rings. The molecule has 0 radical (unpaired) electrons. The average molecular weight is 287 g/mol. The van der Waals surface area contributed by atoms with Gasteiger partial charge in [-0.15, -0.1) is 0 Å². The van der Waals surface area contributed by atoms with E-state index in [9.17, 15) is 9.67 Å². The lowest BCUT2D eigenvalue weighted by Gasteiger charge is -2.19. The number of hydrogen-bond donors (Lipinski definition) is 3. The van der Waals surface area contributed by atoms with Crippen LogP contribution in [-0.4, -0.2) is 45.8 Å². The third-order valence-electron chi connectivity index (χ3n) is 3.01. The van der Waals surface area contributed by atoms with Gasteiger partial charge in [0.05, 0.1) is 0 Å². The van der Waals surface area contributed by atoms with E-state index in [-0.39, 0.29) is 6.42 Å². The minimum atomic E-state index is -4.36. The van der Waals surface area contributed by atoms with Crippen molar-refractivity contribution in [2.24, 2.45) is 0 Å². The molecule has 0 saturated carbocycles. The van der Waals surface area contributed by atoms with Crippen molar-refractivity contribution < 1.29 is 19.5 Å². The Balaban J connectivity index is 2.18. The maximum Gasteiger partial charge on any atom is 0.353 e. The van der Waals surface area contributed by atoms with Crippen LogP contribution in [0.25, 0.3) is 0 Å². The first kappa shape index (κ1) is 16.3. The van der Waals surface area contributed by atoms with Crippen LogP contribution in [0.5, 0.6) is 0 Å². The molecule has 19 heavy (non-hydrogen) atoms. The first-order chi connectivity index (χ1) is 8.89. The number of benzene rings is 1. The second-order valence-electron chi connectivity index (χ2n) is 4.75. The maximum absolute atomic E-state index is 10.8. The topological polar surface area (TPSA) is 81.0 Å². The molecule has 6 heteroatoms. The van der Waals surface area contributed by atoms with Gasteiger partial charge in [-0.2, -0.15) is 0 Å². The molecule has 3 N–H and O–H groups in total. The Morgan fingerprint density at radius 3 is 2.42 bits per heavy atom. The molecule has 1 aromatic carbocycles. The smallest absolute Gasteiger partial charge is 0.353 e. The van der Waals surface area contributed by atoms with Crippen molar-refractivity contribution in [1.29, 1.82) is 0 Å². The molecule has 0 aliphatic heterocycles. The highest BCUT2D eigenvalue weighted by Gasteiger charge is 2.25. The summed E-state index contributed by atoms with van der Waals surface area (Å²) in [5.74, 6) is -1.55. The van der Waals surface area contributed by atoms with Gasteiger partial charge in [0.1, 0.15) is 0 Å². The summed E-state index contributed by atoms with van der Waals surface area (Å²) < 4.78 is 10.8. The predicted molar refractivity (Wildman–Crippen MR) is 74.9 cm³/mol. The Labute approximate surface area is 114 Å². The molecular weight excluding hydrogens is 265 g/mol. The van der Waals surface area contributed by atoms with E-state index in [1.165, 1.54) is 5.56 Å². The average Bonchev–Trinajstić information content (AvgIpc) is 2.36. The molecule has 5 nitrogen and oxygen atoms in total. The second-order valence-corrected chi connectivity index (χ2v) is 6.53. The van der Waals surface area contributed by atoms with Crippen LogP contribution in [0, 0.1) is 0 Å². The third kappa shape index (κ3) is 6.85. The van der Waals surface area contributed by atoms with Gasteiger partial charge in [0.25, 0.3) is 0 Å². The Bertz CT molecular complexity index is 406. The molecule has 0 saturated heterocycles. The highest BCUT2D eigenvalue weighted by Crippen LogP contribution is 2.41. The van der Waals surface area contributed by atoms with Gasteiger partial charge < -0.3 is 19.8 Å². The molecule has 0 aromatic heterocycles. The Morgan fingerprint density at radius 1 is 1.21 bits per heavy atom. The van der Waals surface area contributed by atoms with Crippen LogP contribution in [0.3, 0.4) is 0 Å². The van der Waals surface area contributed by atoms with Gasteiger partial charge in [-0.05, 0) is 38.4 Å². The van der Waals surface area contributed by atoms with E-state index < -0.39 is 13.4 Å². The van der Waals surface area contributed by atoms with Crippen molar-refractivity contribution >= 4 is 7.60 Å². The molecule has 1 rings (SSSR count). The third-order valence-corrected chi connectivity index (χ3v) is 4.04. The fraction of sp³-hybridized carbons (Fsp3) is 0.538. The van der Waals surface area contributed by atoms with Crippen LogP contribution in [-0.2, 0) is 11.0 Å². The lowest BCUT2D eigenvalue weighted by atomic mass is 10.1. The molecule has 1 atom stereocenters. The highest BCUT2D eigenvalue weighted by atomic mass is 31.2. The van der Waals surface area contributed by atoms with E-state index in [1.807, 2.05) is 30.1 Å². The van der Waals surface area contributed by atoms with Crippen molar-refractivity contribution in [1.82, 2.24) is 4.90 Å². The molecular formula is C13H22NO4P. The molecule has 0 heterocycles. The fourth-order valence-electron chi connectivity index (χ4n) is 1.81. The summed E-state index contributed by atoms with van der Waals surface area (Å²) in [5.41, 5.74) is 1.28. The highest BCUT2D eigenvalue weighted by molar-refractivity contribution is 7.52. The summed E-state index contributed by atoms with van der Waals surface area (Å²) in [6.45, 7) is 1.31. The molecule has 108 valence electrons. The Kier molecular flexibility index (Phi) is 6.69. The van der Waals surface area contributed by atoms with Crippen LogP contribution < -0.4 is 0 Å². The number of rotatable bonds is 8. The van der Waals surface area contributed by atoms with Crippen LogP contribution in [0.4, 0.5) is 0 Å². The van der Waals surface area contributed by atoms with E-state index >= 15 is 0 Å². The van der Waals surface area contributed by atoms with E-state index in [4.69, 9.17) is 9.79 Å². The molecule has 0 bridgehead atoms. The van der Waals surface area contributed by atoms with Gasteiger partial charge in [0.2, 0.25) is 0 Å². The largest absolute Gasteiger partial charge is 0.380 e. The first-order valence-corrected chi connectivity index (χ1v) is 8.03. The molecule has 1 aromatic rings. The zero-order valence-corrected chi connectivity index (χ0v) is 12.0. The molecule has 0 aliphatic carbocycles. The first-order valence-electron chi connectivity index (χ1n) is 6.35. The summed E-state index contributed by atoms with van der Waals surface area (Å²) in [4.78, 5) is 19.5. The molecule has 0 amide bonds. The van der Waals surface area contributed by atoms with Gasteiger partial charge in [0.15, 0.2) is 5.85 Å². The van der Waals surface area contributed by atoms with Gasteiger partial charge in [-0.1, -0.05) is 30.3 Å². The maximum atomic E-state index is 10.8. The van der Waals surface area contributed by atoms with Gasteiger partial charge in [-0.3, -0.25) is 4.57 Å². The standard InChI is InChI=1S/C13H22NO4P/c1-14(11-9-13(15)19(16,17)18)10-5-8-12-6-3-2-4-7-12/h2-4,6-7,13,15H,5,8-11H2,1H3,(H2,16,17,18). The fourth-order valence-corrected chi connectivity index (χ4v) is 2.27. The summed E-state index contributed by atoms with van der Waals surface area (Å²) in [6, 6.07) is 10.2. The van der Waals surface area contributed by atoms with Gasteiger partial charge >= 0.3 is 7.60 Å². The number of aliphatic hydroxyl groups excluding tert-OH is 1. The van der Waals surface area contributed by atoms with Crippen LogP contribution in [0.15, 0.2) is 30.3 Å². The van der Waals surface area contributed by atoms with Gasteiger partial charge in [0, 0.05) is 6.54 Å². The molecule has 1 unspecified atom stereocenters. The summed E-state index contributed by atoms with van der Waals surface area (Å²) in [6.07, 6.45) is 2.05. The normalized spacial score (nSPS) is 13.7. The van der Waals surface area contributed by atoms with Crippen molar-refractivity contribution in [2.75, 3.05) is 20.1 Å². The van der Waals surface area contributed by atoms with E-state index in [1.54, 1.807) is 0 Å². The Morgan fingerprint density at radius 2 is 1.84 bits per heavy atom. The van der Waals surface area contributed by atoms with Crippen molar-refractivity contribution in [3.05, 3.63) is 35.9 Å².